The van der Waals surface area contributed by atoms with Crippen LogP contribution in [0.5, 0.6) is 0 Å². The molecule has 2 aromatic heterocycles. The van der Waals surface area contributed by atoms with Gasteiger partial charge in [-0.05, 0) is 95.1 Å². The molecule has 0 bridgehead atoms. The van der Waals surface area contributed by atoms with Crippen molar-refractivity contribution in [2.45, 2.75) is 0 Å². The summed E-state index contributed by atoms with van der Waals surface area (Å²) in [5, 5.41) is 13.4. The van der Waals surface area contributed by atoms with E-state index in [0.717, 1.165) is 94.9 Å². The predicted molar refractivity (Wildman–Crippen MR) is 263 cm³/mol. The first-order chi connectivity index (χ1) is 31.7. The molecule has 0 unspecified atom stereocenters. The van der Waals surface area contributed by atoms with Crippen molar-refractivity contribution in [1.82, 2.24) is 14.5 Å². The van der Waals surface area contributed by atoms with E-state index in [2.05, 4.69) is 185 Å². The fraction of sp³-hybridized carbons (Fsp3) is 0. The summed E-state index contributed by atoms with van der Waals surface area (Å²) in [6, 6.07) is 84.4. The average Bonchev–Trinajstić information content (AvgIpc) is 3.71. The van der Waals surface area contributed by atoms with Gasteiger partial charge in [0, 0.05) is 38.8 Å². The van der Waals surface area contributed by atoms with Crippen LogP contribution in [0.15, 0.2) is 237 Å². The second kappa shape index (κ2) is 16.5. The van der Waals surface area contributed by atoms with Gasteiger partial charge in [0.25, 0.3) is 0 Å². The Morgan fingerprint density at radius 2 is 0.859 bits per heavy atom. The highest BCUT2D eigenvalue weighted by Gasteiger charge is 2.25. The van der Waals surface area contributed by atoms with E-state index in [4.69, 9.17) is 9.97 Å². The molecule has 0 atom stereocenters. The molecule has 5 heteroatoms. The molecule has 0 amide bonds. The van der Waals surface area contributed by atoms with Gasteiger partial charge in [0.1, 0.15) is 6.07 Å². The first kappa shape index (κ1) is 38.1. The van der Waals surface area contributed by atoms with Gasteiger partial charge in [-0.25, -0.2) is 9.97 Å². The van der Waals surface area contributed by atoms with Crippen LogP contribution in [0.25, 0.3) is 83.6 Å². The van der Waals surface area contributed by atoms with Gasteiger partial charge < -0.3 is 9.47 Å². The Morgan fingerprint density at radius 3 is 1.39 bits per heavy atom. The standard InChI is InChI=1S/C59H39N5/c60-40-48-35-46(59-61-53(43-23-11-3-12-24-43)39-54(62-59)44-25-13-4-14-26-44)32-33-55(48)64-56-34-31-45(41-19-7-1-8-20-41)36-51(56)52-37-47(42-21-9-2-10-22-42)38-57(58(52)64)63(49-27-15-5-16-28-49)50-29-17-6-18-30-50/h1-39H. The van der Waals surface area contributed by atoms with Crippen molar-refractivity contribution in [3.8, 4) is 67.9 Å². The molecule has 0 aliphatic rings. The maximum absolute atomic E-state index is 11.2. The summed E-state index contributed by atoms with van der Waals surface area (Å²) < 4.78 is 2.28. The topological polar surface area (TPSA) is 57.7 Å². The minimum Gasteiger partial charge on any atom is -0.308 e. The van der Waals surface area contributed by atoms with E-state index in [1.54, 1.807) is 0 Å². The highest BCUT2D eigenvalue weighted by molar-refractivity contribution is 6.17. The number of nitriles is 1. The van der Waals surface area contributed by atoms with Crippen LogP contribution in [0, 0.1) is 11.3 Å². The van der Waals surface area contributed by atoms with Gasteiger partial charge in [0.2, 0.25) is 0 Å². The third-order valence-electron chi connectivity index (χ3n) is 11.8. The van der Waals surface area contributed by atoms with Gasteiger partial charge in [-0.3, -0.25) is 0 Å². The third-order valence-corrected chi connectivity index (χ3v) is 11.8. The maximum Gasteiger partial charge on any atom is 0.160 e. The Kier molecular flexibility index (Phi) is 9.85. The summed E-state index contributed by atoms with van der Waals surface area (Å²) in [7, 11) is 0. The minimum absolute atomic E-state index is 0.502. The molecule has 0 radical (unpaired) electrons. The summed E-state index contributed by atoms with van der Waals surface area (Å²) in [4.78, 5) is 12.6. The number of nitrogens with zero attached hydrogens (tertiary/aromatic N) is 5. The van der Waals surface area contributed by atoms with Gasteiger partial charge in [0.05, 0.1) is 39.4 Å². The van der Waals surface area contributed by atoms with Crippen molar-refractivity contribution in [1.29, 1.82) is 5.26 Å². The van der Waals surface area contributed by atoms with Crippen molar-refractivity contribution >= 4 is 38.9 Å². The van der Waals surface area contributed by atoms with Crippen LogP contribution < -0.4 is 4.90 Å². The number of para-hydroxylation sites is 2. The van der Waals surface area contributed by atoms with E-state index in [0.29, 0.717) is 11.4 Å². The van der Waals surface area contributed by atoms with Crippen LogP contribution in [-0.2, 0) is 0 Å². The third kappa shape index (κ3) is 7.05. The molecule has 2 heterocycles. The Labute approximate surface area is 372 Å². The van der Waals surface area contributed by atoms with Crippen LogP contribution >= 0.6 is 0 Å². The van der Waals surface area contributed by atoms with Crippen molar-refractivity contribution < 1.29 is 0 Å². The zero-order chi connectivity index (χ0) is 42.8. The molecule has 0 N–H and O–H groups in total. The molecular weight excluding hydrogens is 779 g/mol. The highest BCUT2D eigenvalue weighted by Crippen LogP contribution is 2.47. The largest absolute Gasteiger partial charge is 0.308 e. The molecule has 9 aromatic carbocycles. The van der Waals surface area contributed by atoms with Crippen LogP contribution in [0.4, 0.5) is 17.1 Å². The van der Waals surface area contributed by atoms with Gasteiger partial charge in [-0.15, -0.1) is 0 Å². The number of hydrogen-bond donors (Lipinski definition) is 0. The quantitative estimate of drug-likeness (QED) is 0.146. The molecule has 0 aliphatic heterocycles. The van der Waals surface area contributed by atoms with Crippen LogP contribution in [0.3, 0.4) is 0 Å². The van der Waals surface area contributed by atoms with Crippen LogP contribution in [-0.4, -0.2) is 14.5 Å². The molecule has 0 saturated heterocycles. The number of benzene rings is 9. The van der Waals surface area contributed by atoms with Gasteiger partial charge in [-0.2, -0.15) is 5.26 Å². The Morgan fingerprint density at radius 1 is 0.391 bits per heavy atom. The molecular formula is C59H39N5. The van der Waals surface area contributed by atoms with Crippen molar-refractivity contribution in [2.24, 2.45) is 0 Å². The minimum atomic E-state index is 0.502. The predicted octanol–water partition coefficient (Wildman–Crippen LogP) is 15.3. The lowest BCUT2D eigenvalue weighted by Crippen LogP contribution is -2.12. The molecule has 0 saturated carbocycles. The first-order valence-corrected chi connectivity index (χ1v) is 21.4. The molecule has 64 heavy (non-hydrogen) atoms. The fourth-order valence-corrected chi connectivity index (χ4v) is 8.79. The highest BCUT2D eigenvalue weighted by atomic mass is 15.2. The van der Waals surface area contributed by atoms with E-state index in [-0.39, 0.29) is 0 Å². The van der Waals surface area contributed by atoms with E-state index in [9.17, 15) is 5.26 Å². The van der Waals surface area contributed by atoms with Crippen molar-refractivity contribution in [2.75, 3.05) is 4.90 Å². The number of aromatic nitrogens is 3. The summed E-state index contributed by atoms with van der Waals surface area (Å²) in [5.41, 5.74) is 15.0. The first-order valence-electron chi connectivity index (χ1n) is 21.4. The summed E-state index contributed by atoms with van der Waals surface area (Å²) >= 11 is 0. The molecule has 0 spiro atoms. The number of rotatable bonds is 9. The van der Waals surface area contributed by atoms with Gasteiger partial charge in [0.15, 0.2) is 5.82 Å². The second-order valence-electron chi connectivity index (χ2n) is 15.7. The van der Waals surface area contributed by atoms with E-state index >= 15 is 0 Å². The molecule has 5 nitrogen and oxygen atoms in total. The summed E-state index contributed by atoms with van der Waals surface area (Å²) in [6.45, 7) is 0. The van der Waals surface area contributed by atoms with Crippen LogP contribution in [0.2, 0.25) is 0 Å². The lowest BCUT2D eigenvalue weighted by atomic mass is 9.99. The zero-order valence-electron chi connectivity index (χ0n) is 34.8. The summed E-state index contributed by atoms with van der Waals surface area (Å²) in [6.07, 6.45) is 0. The Hall–Kier alpha value is -8.85. The molecule has 300 valence electrons. The summed E-state index contributed by atoms with van der Waals surface area (Å²) in [5.74, 6) is 0.547. The van der Waals surface area contributed by atoms with Gasteiger partial charge in [-0.1, -0.05) is 164 Å². The molecule has 11 rings (SSSR count). The van der Waals surface area contributed by atoms with E-state index < -0.39 is 0 Å². The van der Waals surface area contributed by atoms with Crippen LogP contribution in [0.1, 0.15) is 5.56 Å². The molecule has 11 aromatic rings. The molecule has 0 aliphatic carbocycles. The van der Waals surface area contributed by atoms with Crippen molar-refractivity contribution in [3.05, 3.63) is 242 Å². The number of fused-ring (bicyclic) bond motifs is 3. The zero-order valence-corrected chi connectivity index (χ0v) is 34.8. The lowest BCUT2D eigenvalue weighted by molar-refractivity contribution is 1.15. The Balaban J connectivity index is 1.21. The fourth-order valence-electron chi connectivity index (χ4n) is 8.79. The number of hydrogen-bond acceptors (Lipinski definition) is 4. The normalized spacial score (nSPS) is 11.1. The van der Waals surface area contributed by atoms with E-state index in [1.165, 1.54) is 0 Å². The monoisotopic (exact) mass is 817 g/mol. The Bertz CT molecular complexity index is 3380. The smallest absolute Gasteiger partial charge is 0.160 e. The second-order valence-corrected chi connectivity index (χ2v) is 15.7. The lowest BCUT2D eigenvalue weighted by Gasteiger charge is -2.28. The maximum atomic E-state index is 11.2. The average molecular weight is 818 g/mol. The van der Waals surface area contributed by atoms with Crippen molar-refractivity contribution in [3.63, 3.8) is 0 Å². The number of anilines is 3. The van der Waals surface area contributed by atoms with E-state index in [1.807, 2.05) is 66.7 Å². The van der Waals surface area contributed by atoms with Gasteiger partial charge >= 0.3 is 0 Å². The SMILES string of the molecule is N#Cc1cc(-c2nc(-c3ccccc3)cc(-c3ccccc3)n2)ccc1-n1c2ccc(-c3ccccc3)cc2c2cc(-c3ccccc3)cc(N(c3ccccc3)c3ccccc3)c21. The molecule has 0 fully saturated rings.